The quantitative estimate of drug-likeness (QED) is 0.433. The van der Waals surface area contributed by atoms with Gasteiger partial charge in [-0.3, -0.25) is 0 Å². The molecular formula is C16H23ClN2OSi. The first kappa shape index (κ1) is 16.3. The lowest BCUT2D eigenvalue weighted by Gasteiger charge is -2.15. The standard InChI is InChI=1S/C16H23ClN2OSi/c1-13-9-15(10-16(17)18-13)14-5-6-19(11-14)12-20-7-8-21(2,3)4/h5-6,9-11H,7-8,12H2,1-4H3. The maximum Gasteiger partial charge on any atom is 0.129 e. The van der Waals surface area contributed by atoms with Gasteiger partial charge in [0.2, 0.25) is 0 Å². The molecule has 21 heavy (non-hydrogen) atoms. The van der Waals surface area contributed by atoms with E-state index in [4.69, 9.17) is 16.3 Å². The number of hydrogen-bond acceptors (Lipinski definition) is 2. The molecule has 2 rings (SSSR count). The number of nitrogens with zero attached hydrogens (tertiary/aromatic N) is 2. The third-order valence-corrected chi connectivity index (χ3v) is 5.14. The Morgan fingerprint density at radius 1 is 1.24 bits per heavy atom. The molecule has 114 valence electrons. The van der Waals surface area contributed by atoms with Gasteiger partial charge in [0.05, 0.1) is 0 Å². The van der Waals surface area contributed by atoms with Crippen LogP contribution in [-0.2, 0) is 11.5 Å². The average Bonchev–Trinajstić information content (AvgIpc) is 2.81. The first-order chi connectivity index (χ1) is 9.83. The molecule has 0 unspecified atom stereocenters. The van der Waals surface area contributed by atoms with Crippen LogP contribution in [0.4, 0.5) is 0 Å². The molecular weight excluding hydrogens is 300 g/mol. The Morgan fingerprint density at radius 3 is 2.67 bits per heavy atom. The zero-order valence-electron chi connectivity index (χ0n) is 13.2. The normalized spacial score (nSPS) is 11.9. The summed E-state index contributed by atoms with van der Waals surface area (Å²) < 4.78 is 7.81. The van der Waals surface area contributed by atoms with E-state index in [-0.39, 0.29) is 0 Å². The summed E-state index contributed by atoms with van der Waals surface area (Å²) in [6.45, 7) is 10.5. The predicted molar refractivity (Wildman–Crippen MR) is 91.5 cm³/mol. The van der Waals surface area contributed by atoms with Gasteiger partial charge in [-0.15, -0.1) is 0 Å². The zero-order valence-corrected chi connectivity index (χ0v) is 14.9. The van der Waals surface area contributed by atoms with Gasteiger partial charge in [0, 0.05) is 32.8 Å². The molecule has 0 atom stereocenters. The number of aryl methyl sites for hydroxylation is 1. The van der Waals surface area contributed by atoms with Crippen molar-refractivity contribution >= 4 is 19.7 Å². The first-order valence-electron chi connectivity index (χ1n) is 7.22. The lowest BCUT2D eigenvalue weighted by molar-refractivity contribution is 0.0875. The van der Waals surface area contributed by atoms with Crippen molar-refractivity contribution < 1.29 is 4.74 Å². The van der Waals surface area contributed by atoms with Crippen LogP contribution in [0.25, 0.3) is 11.1 Å². The number of hydrogen-bond donors (Lipinski definition) is 0. The van der Waals surface area contributed by atoms with Crippen LogP contribution in [0, 0.1) is 6.92 Å². The summed E-state index contributed by atoms with van der Waals surface area (Å²) in [5, 5.41) is 0.532. The molecule has 0 N–H and O–H groups in total. The fourth-order valence-corrected chi connectivity index (χ4v) is 3.04. The molecule has 0 fully saturated rings. The highest BCUT2D eigenvalue weighted by molar-refractivity contribution is 6.76. The van der Waals surface area contributed by atoms with E-state index in [1.807, 2.05) is 25.3 Å². The van der Waals surface area contributed by atoms with Crippen LogP contribution < -0.4 is 0 Å². The highest BCUT2D eigenvalue weighted by Crippen LogP contribution is 2.23. The third-order valence-electron chi connectivity index (χ3n) is 3.24. The van der Waals surface area contributed by atoms with Crippen LogP contribution in [0.15, 0.2) is 30.6 Å². The van der Waals surface area contributed by atoms with Crippen LogP contribution in [0.3, 0.4) is 0 Å². The second-order valence-corrected chi connectivity index (χ2v) is 12.6. The molecule has 0 aliphatic rings. The van der Waals surface area contributed by atoms with E-state index in [0.29, 0.717) is 11.9 Å². The zero-order chi connectivity index (χ0) is 15.5. The summed E-state index contributed by atoms with van der Waals surface area (Å²) in [6.07, 6.45) is 4.12. The number of ether oxygens (including phenoxy) is 1. The molecule has 0 aromatic carbocycles. The van der Waals surface area contributed by atoms with Crippen molar-refractivity contribution in [3.05, 3.63) is 41.4 Å². The maximum absolute atomic E-state index is 6.01. The molecule has 0 saturated heterocycles. The lowest BCUT2D eigenvalue weighted by Crippen LogP contribution is -2.21. The third kappa shape index (κ3) is 5.30. The highest BCUT2D eigenvalue weighted by atomic mass is 35.5. The largest absolute Gasteiger partial charge is 0.361 e. The summed E-state index contributed by atoms with van der Waals surface area (Å²) in [6, 6.07) is 7.20. The van der Waals surface area contributed by atoms with Crippen molar-refractivity contribution in [3.8, 4) is 11.1 Å². The number of rotatable bonds is 6. The van der Waals surface area contributed by atoms with E-state index in [1.165, 1.54) is 6.04 Å². The van der Waals surface area contributed by atoms with Crippen LogP contribution in [0.5, 0.6) is 0 Å². The van der Waals surface area contributed by atoms with Crippen LogP contribution >= 0.6 is 11.6 Å². The molecule has 3 nitrogen and oxygen atoms in total. The second kappa shape index (κ2) is 6.77. The molecule has 0 aliphatic carbocycles. The minimum absolute atomic E-state index is 0.532. The molecule has 5 heteroatoms. The maximum atomic E-state index is 6.01. The summed E-state index contributed by atoms with van der Waals surface area (Å²) in [5.41, 5.74) is 3.15. The molecule has 2 aromatic rings. The van der Waals surface area contributed by atoms with Gasteiger partial charge >= 0.3 is 0 Å². The smallest absolute Gasteiger partial charge is 0.129 e. The molecule has 0 aliphatic heterocycles. The van der Waals surface area contributed by atoms with E-state index in [2.05, 4.69) is 41.5 Å². The summed E-state index contributed by atoms with van der Waals surface area (Å²) in [4.78, 5) is 4.19. The molecule has 2 aromatic heterocycles. The molecule has 0 saturated carbocycles. The number of halogens is 1. The van der Waals surface area contributed by atoms with Crippen molar-refractivity contribution in [3.63, 3.8) is 0 Å². The fraction of sp³-hybridized carbons (Fsp3) is 0.438. The average molecular weight is 323 g/mol. The Labute approximate surface area is 132 Å². The topological polar surface area (TPSA) is 27.1 Å². The van der Waals surface area contributed by atoms with Crippen LogP contribution in [0.2, 0.25) is 30.8 Å². The summed E-state index contributed by atoms with van der Waals surface area (Å²) in [7, 11) is -1.01. The Kier molecular flexibility index (Phi) is 5.25. The van der Waals surface area contributed by atoms with Crippen molar-refractivity contribution in [2.75, 3.05) is 6.61 Å². The molecule has 0 radical (unpaired) electrons. The Morgan fingerprint density at radius 2 is 2.00 bits per heavy atom. The number of aromatic nitrogens is 2. The van der Waals surface area contributed by atoms with Gasteiger partial charge in [0.15, 0.2) is 0 Å². The lowest BCUT2D eigenvalue weighted by atomic mass is 10.1. The van der Waals surface area contributed by atoms with Crippen molar-refractivity contribution in [1.29, 1.82) is 0 Å². The van der Waals surface area contributed by atoms with Crippen LogP contribution in [-0.4, -0.2) is 24.2 Å². The van der Waals surface area contributed by atoms with Crippen molar-refractivity contribution in [2.24, 2.45) is 0 Å². The van der Waals surface area contributed by atoms with Gasteiger partial charge < -0.3 is 9.30 Å². The molecule has 2 heterocycles. The van der Waals surface area contributed by atoms with Crippen molar-refractivity contribution in [1.82, 2.24) is 9.55 Å². The monoisotopic (exact) mass is 322 g/mol. The molecule has 0 amide bonds. The minimum Gasteiger partial charge on any atom is -0.361 e. The Bertz CT molecular complexity index is 584. The van der Waals surface area contributed by atoms with E-state index >= 15 is 0 Å². The van der Waals surface area contributed by atoms with Gasteiger partial charge in [-0.25, -0.2) is 4.98 Å². The predicted octanol–water partition coefficient (Wildman–Crippen LogP) is 4.82. The first-order valence-corrected chi connectivity index (χ1v) is 11.3. The summed E-state index contributed by atoms with van der Waals surface area (Å²) in [5.74, 6) is 0. The van der Waals surface area contributed by atoms with E-state index in [0.717, 1.165) is 23.4 Å². The van der Waals surface area contributed by atoms with Crippen molar-refractivity contribution in [2.45, 2.75) is 39.3 Å². The Hall–Kier alpha value is -1.10. The number of pyridine rings is 1. The van der Waals surface area contributed by atoms with Gasteiger partial charge in [0.1, 0.15) is 11.9 Å². The minimum atomic E-state index is -1.01. The Balaban J connectivity index is 1.95. The van der Waals surface area contributed by atoms with Crippen LogP contribution in [0.1, 0.15) is 5.69 Å². The second-order valence-electron chi connectivity index (χ2n) is 6.58. The van der Waals surface area contributed by atoms with Gasteiger partial charge in [0.25, 0.3) is 0 Å². The fourth-order valence-electron chi connectivity index (χ4n) is 2.03. The summed E-state index contributed by atoms with van der Waals surface area (Å²) >= 11 is 6.01. The van der Waals surface area contributed by atoms with Gasteiger partial charge in [-0.05, 0) is 42.3 Å². The van der Waals surface area contributed by atoms with Gasteiger partial charge in [-0.1, -0.05) is 31.2 Å². The molecule has 0 bridgehead atoms. The van der Waals surface area contributed by atoms with E-state index in [9.17, 15) is 0 Å². The van der Waals surface area contributed by atoms with E-state index < -0.39 is 8.07 Å². The van der Waals surface area contributed by atoms with Gasteiger partial charge in [-0.2, -0.15) is 0 Å². The van der Waals surface area contributed by atoms with E-state index in [1.54, 1.807) is 0 Å². The molecule has 0 spiro atoms. The SMILES string of the molecule is Cc1cc(-c2ccn(COCC[Si](C)(C)C)c2)cc(Cl)n1. The highest BCUT2D eigenvalue weighted by Gasteiger charge is 2.12.